The molecule has 1 nitrogen and oxygen atoms in total. The summed E-state index contributed by atoms with van der Waals surface area (Å²) in [5, 5.41) is 0. The van der Waals surface area contributed by atoms with Crippen LogP contribution in [0.4, 0.5) is 0 Å². The van der Waals surface area contributed by atoms with E-state index < -0.39 is 0 Å². The molecule has 0 aliphatic carbocycles. The smallest absolute Gasteiger partial charge is 0.0434 e. The molecule has 0 unspecified atom stereocenters. The zero-order valence-corrected chi connectivity index (χ0v) is 6.39. The van der Waals surface area contributed by atoms with E-state index in [0.29, 0.717) is 0 Å². The van der Waals surface area contributed by atoms with Crippen LogP contribution in [0.25, 0.3) is 0 Å². The summed E-state index contributed by atoms with van der Waals surface area (Å²) in [7, 11) is 0. The second kappa shape index (κ2) is 2.84. The van der Waals surface area contributed by atoms with Gasteiger partial charge in [-0.1, -0.05) is 29.8 Å². The summed E-state index contributed by atoms with van der Waals surface area (Å²) < 4.78 is 0. The van der Waals surface area contributed by atoms with Crippen LogP contribution in [0.3, 0.4) is 0 Å². The molecule has 0 bridgehead atoms. The van der Waals surface area contributed by atoms with Gasteiger partial charge in [-0.15, -0.1) is 0 Å². The summed E-state index contributed by atoms with van der Waals surface area (Å²) in [5.74, 6) is 0. The lowest BCUT2D eigenvalue weighted by molar-refractivity contribution is 0.787. The molecule has 0 aliphatic rings. The van der Waals surface area contributed by atoms with Crippen LogP contribution < -0.4 is 5.73 Å². The first kappa shape index (κ1) is 7.29. The van der Waals surface area contributed by atoms with Crippen molar-refractivity contribution in [1.82, 2.24) is 5.73 Å². The Morgan fingerprint density at radius 3 is 2.10 bits per heavy atom. The van der Waals surface area contributed by atoms with Gasteiger partial charge in [-0.05, 0) is 19.4 Å². The summed E-state index contributed by atoms with van der Waals surface area (Å²) >= 11 is 0. The fourth-order valence-corrected chi connectivity index (χ4v) is 0.855. The number of aryl methyl sites for hydroxylation is 1. The standard InChI is InChI=1S/C9H12N/c1-7-3-5-9(6-4-7)8(2)10/h3-6,8,10H,1-2H3/t8-/m0/s1. The summed E-state index contributed by atoms with van der Waals surface area (Å²) in [6.45, 7) is 3.93. The first-order chi connectivity index (χ1) is 4.70. The van der Waals surface area contributed by atoms with Gasteiger partial charge < -0.3 is 0 Å². The van der Waals surface area contributed by atoms with E-state index in [-0.39, 0.29) is 6.04 Å². The summed E-state index contributed by atoms with van der Waals surface area (Å²) in [4.78, 5) is 0. The molecule has 0 fully saturated rings. The van der Waals surface area contributed by atoms with Crippen molar-refractivity contribution in [3.05, 3.63) is 35.4 Å². The van der Waals surface area contributed by atoms with Crippen LogP contribution in [-0.2, 0) is 0 Å². The molecule has 0 heterocycles. The summed E-state index contributed by atoms with van der Waals surface area (Å²) in [6, 6.07) is 8.00. The Hall–Kier alpha value is -0.820. The molecule has 0 spiro atoms. The number of nitrogens with one attached hydrogen (secondary N) is 1. The van der Waals surface area contributed by atoms with Gasteiger partial charge in [0.2, 0.25) is 0 Å². The Kier molecular flexibility index (Phi) is 2.07. The molecule has 1 atom stereocenters. The van der Waals surface area contributed by atoms with Gasteiger partial charge in [0.25, 0.3) is 0 Å². The molecule has 1 aromatic carbocycles. The summed E-state index contributed by atoms with van der Waals surface area (Å²) in [5.41, 5.74) is 9.73. The highest BCUT2D eigenvalue weighted by molar-refractivity contribution is 5.23. The average Bonchev–Trinajstić information content (AvgIpc) is 1.88. The Morgan fingerprint density at radius 1 is 1.20 bits per heavy atom. The van der Waals surface area contributed by atoms with Crippen molar-refractivity contribution in [1.29, 1.82) is 0 Å². The average molecular weight is 134 g/mol. The summed E-state index contributed by atoms with van der Waals surface area (Å²) in [6.07, 6.45) is 0. The monoisotopic (exact) mass is 134 g/mol. The Morgan fingerprint density at radius 2 is 1.70 bits per heavy atom. The van der Waals surface area contributed by atoms with Gasteiger partial charge in [0, 0.05) is 6.04 Å². The molecule has 53 valence electrons. The van der Waals surface area contributed by atoms with Crippen LogP contribution in [0.2, 0.25) is 0 Å². The fourth-order valence-electron chi connectivity index (χ4n) is 0.855. The SMILES string of the molecule is Cc1ccc([C@H](C)[NH])cc1. The van der Waals surface area contributed by atoms with E-state index in [0.717, 1.165) is 5.56 Å². The third-order valence-electron chi connectivity index (χ3n) is 1.58. The van der Waals surface area contributed by atoms with Crippen molar-refractivity contribution >= 4 is 0 Å². The second-order valence-corrected chi connectivity index (χ2v) is 2.63. The number of hydrogen-bond donors (Lipinski definition) is 0. The maximum absolute atomic E-state index is 7.39. The minimum Gasteiger partial charge on any atom is -0.250 e. The van der Waals surface area contributed by atoms with E-state index in [1.54, 1.807) is 0 Å². The van der Waals surface area contributed by atoms with Gasteiger partial charge in [0.05, 0.1) is 0 Å². The van der Waals surface area contributed by atoms with Gasteiger partial charge in [-0.2, -0.15) is 0 Å². The third-order valence-corrected chi connectivity index (χ3v) is 1.58. The predicted octanol–water partition coefficient (Wildman–Crippen LogP) is 2.34. The normalized spacial score (nSPS) is 13.1. The molecule has 1 rings (SSSR count). The fraction of sp³-hybridized carbons (Fsp3) is 0.333. The van der Waals surface area contributed by atoms with Crippen molar-refractivity contribution in [2.45, 2.75) is 19.9 Å². The third kappa shape index (κ3) is 1.58. The molecular formula is C9H12N. The van der Waals surface area contributed by atoms with Crippen LogP contribution in [-0.4, -0.2) is 0 Å². The lowest BCUT2D eigenvalue weighted by Gasteiger charge is -2.02. The lowest BCUT2D eigenvalue weighted by Crippen LogP contribution is -1.91. The molecule has 1 aromatic rings. The van der Waals surface area contributed by atoms with Gasteiger partial charge in [-0.3, -0.25) is 5.73 Å². The van der Waals surface area contributed by atoms with Crippen molar-refractivity contribution in [2.75, 3.05) is 0 Å². The van der Waals surface area contributed by atoms with Crippen LogP contribution in [0, 0.1) is 6.92 Å². The number of hydrogen-bond acceptors (Lipinski definition) is 0. The van der Waals surface area contributed by atoms with Crippen LogP contribution in [0.1, 0.15) is 24.1 Å². The maximum atomic E-state index is 7.39. The molecule has 10 heavy (non-hydrogen) atoms. The van der Waals surface area contributed by atoms with Crippen molar-refractivity contribution in [2.24, 2.45) is 0 Å². The molecule has 1 heteroatoms. The van der Waals surface area contributed by atoms with Gasteiger partial charge in [0.15, 0.2) is 0 Å². The molecule has 1 N–H and O–H groups in total. The zero-order chi connectivity index (χ0) is 7.56. The van der Waals surface area contributed by atoms with E-state index >= 15 is 0 Å². The Bertz CT molecular complexity index is 198. The predicted molar refractivity (Wildman–Crippen MR) is 42.7 cm³/mol. The zero-order valence-electron chi connectivity index (χ0n) is 6.39. The number of benzene rings is 1. The quantitative estimate of drug-likeness (QED) is 0.563. The molecule has 0 amide bonds. The first-order valence-electron chi connectivity index (χ1n) is 3.48. The molecule has 1 radical (unpaired) electrons. The van der Waals surface area contributed by atoms with Gasteiger partial charge >= 0.3 is 0 Å². The van der Waals surface area contributed by atoms with Crippen molar-refractivity contribution in [3.63, 3.8) is 0 Å². The van der Waals surface area contributed by atoms with E-state index in [2.05, 4.69) is 6.92 Å². The van der Waals surface area contributed by atoms with E-state index in [9.17, 15) is 0 Å². The minimum absolute atomic E-state index is 0.0967. The van der Waals surface area contributed by atoms with Crippen molar-refractivity contribution in [3.8, 4) is 0 Å². The van der Waals surface area contributed by atoms with E-state index in [1.807, 2.05) is 31.2 Å². The van der Waals surface area contributed by atoms with Crippen LogP contribution in [0.5, 0.6) is 0 Å². The van der Waals surface area contributed by atoms with Gasteiger partial charge in [-0.25, -0.2) is 0 Å². The topological polar surface area (TPSA) is 23.8 Å². The van der Waals surface area contributed by atoms with Crippen LogP contribution in [0.15, 0.2) is 24.3 Å². The highest BCUT2D eigenvalue weighted by Gasteiger charge is 1.96. The Labute approximate surface area is 61.9 Å². The Balaban J connectivity index is 2.89. The highest BCUT2D eigenvalue weighted by atomic mass is 14.6. The van der Waals surface area contributed by atoms with Crippen LogP contribution >= 0.6 is 0 Å². The van der Waals surface area contributed by atoms with Crippen molar-refractivity contribution < 1.29 is 0 Å². The highest BCUT2D eigenvalue weighted by Crippen LogP contribution is 2.10. The largest absolute Gasteiger partial charge is 0.250 e. The minimum atomic E-state index is -0.0967. The molecule has 0 aromatic heterocycles. The molecule has 0 saturated heterocycles. The van der Waals surface area contributed by atoms with E-state index in [1.165, 1.54) is 5.56 Å². The van der Waals surface area contributed by atoms with E-state index in [4.69, 9.17) is 5.73 Å². The number of rotatable bonds is 1. The first-order valence-corrected chi connectivity index (χ1v) is 3.48. The molecular weight excluding hydrogens is 122 g/mol. The lowest BCUT2D eigenvalue weighted by atomic mass is 10.1. The second-order valence-electron chi connectivity index (χ2n) is 2.63. The van der Waals surface area contributed by atoms with Gasteiger partial charge in [0.1, 0.15) is 0 Å². The maximum Gasteiger partial charge on any atom is 0.0434 e. The molecule has 0 saturated carbocycles. The molecule has 0 aliphatic heterocycles.